The predicted molar refractivity (Wildman–Crippen MR) is 71.9 cm³/mol. The number of nitrogens with zero attached hydrogens (tertiary/aromatic N) is 1. The monoisotopic (exact) mass is 301 g/mol. The van der Waals surface area contributed by atoms with Crippen molar-refractivity contribution in [1.29, 1.82) is 0 Å². The van der Waals surface area contributed by atoms with Gasteiger partial charge in [0.05, 0.1) is 24.6 Å². The zero-order chi connectivity index (χ0) is 14.2. The smallest absolute Gasteiger partial charge is 0.301 e. The van der Waals surface area contributed by atoms with Crippen LogP contribution in [0.15, 0.2) is 12.1 Å². The Balaban J connectivity index is 1.83. The maximum absolute atomic E-state index is 12.2. The molecule has 2 heterocycles. The van der Waals surface area contributed by atoms with Crippen LogP contribution >= 0.6 is 0 Å². The first-order chi connectivity index (χ1) is 9.56. The van der Waals surface area contributed by atoms with Crippen LogP contribution in [0.1, 0.15) is 0 Å². The van der Waals surface area contributed by atoms with Crippen LogP contribution in [0.25, 0.3) is 0 Å². The lowest BCUT2D eigenvalue weighted by Gasteiger charge is -2.26. The van der Waals surface area contributed by atoms with Crippen LogP contribution in [-0.2, 0) is 14.9 Å². The van der Waals surface area contributed by atoms with E-state index in [-0.39, 0.29) is 18.2 Å². The second kappa shape index (κ2) is 5.00. The molecular formula is C11H15N3O5S. The van der Waals surface area contributed by atoms with E-state index in [2.05, 4.69) is 4.72 Å². The number of hydrogen-bond acceptors (Lipinski definition) is 6. The number of ether oxygens (including phenoxy) is 3. The maximum Gasteiger partial charge on any atom is 0.301 e. The van der Waals surface area contributed by atoms with Crippen molar-refractivity contribution in [1.82, 2.24) is 4.31 Å². The van der Waals surface area contributed by atoms with E-state index >= 15 is 0 Å². The van der Waals surface area contributed by atoms with Crippen LogP contribution in [0, 0.1) is 0 Å². The molecule has 2 aliphatic heterocycles. The highest BCUT2D eigenvalue weighted by Gasteiger charge is 2.26. The number of nitrogens with two attached hydrogens (primary N) is 1. The fourth-order valence-electron chi connectivity index (χ4n) is 2.04. The molecule has 9 heteroatoms. The molecule has 0 atom stereocenters. The van der Waals surface area contributed by atoms with Gasteiger partial charge in [0.15, 0.2) is 11.5 Å². The van der Waals surface area contributed by atoms with E-state index in [1.807, 2.05) is 0 Å². The molecule has 1 fully saturated rings. The summed E-state index contributed by atoms with van der Waals surface area (Å²) in [6.07, 6.45) is 0. The van der Waals surface area contributed by atoms with Gasteiger partial charge >= 0.3 is 10.2 Å². The third kappa shape index (κ3) is 2.47. The quantitative estimate of drug-likeness (QED) is 0.761. The Morgan fingerprint density at radius 3 is 2.50 bits per heavy atom. The molecule has 0 spiro atoms. The van der Waals surface area contributed by atoms with Gasteiger partial charge in [-0.25, -0.2) is 0 Å². The molecule has 8 nitrogen and oxygen atoms in total. The van der Waals surface area contributed by atoms with Crippen molar-refractivity contribution < 1.29 is 22.6 Å². The van der Waals surface area contributed by atoms with Gasteiger partial charge < -0.3 is 19.9 Å². The van der Waals surface area contributed by atoms with E-state index < -0.39 is 10.2 Å². The molecule has 0 unspecified atom stereocenters. The van der Waals surface area contributed by atoms with Crippen molar-refractivity contribution in [2.45, 2.75) is 0 Å². The minimum Gasteiger partial charge on any atom is -0.454 e. The highest BCUT2D eigenvalue weighted by molar-refractivity contribution is 7.90. The van der Waals surface area contributed by atoms with Crippen LogP contribution < -0.4 is 19.9 Å². The molecule has 3 N–H and O–H groups in total. The highest BCUT2D eigenvalue weighted by Crippen LogP contribution is 2.38. The molecule has 0 saturated carbocycles. The van der Waals surface area contributed by atoms with Crippen molar-refractivity contribution in [3.63, 3.8) is 0 Å². The van der Waals surface area contributed by atoms with E-state index in [0.717, 1.165) is 0 Å². The summed E-state index contributed by atoms with van der Waals surface area (Å²) in [5.41, 5.74) is 6.39. The van der Waals surface area contributed by atoms with E-state index in [4.69, 9.17) is 19.9 Å². The van der Waals surface area contributed by atoms with Gasteiger partial charge in [-0.15, -0.1) is 0 Å². The summed E-state index contributed by atoms with van der Waals surface area (Å²) in [6.45, 7) is 1.52. The highest BCUT2D eigenvalue weighted by atomic mass is 32.2. The number of nitrogens with one attached hydrogen (secondary N) is 1. The van der Waals surface area contributed by atoms with Gasteiger partial charge in [0.25, 0.3) is 0 Å². The Kier molecular flexibility index (Phi) is 3.32. The Hall–Kier alpha value is -1.71. The SMILES string of the molecule is Nc1cc2c(cc1NS(=O)(=O)N1CCOCC1)OCO2. The zero-order valence-electron chi connectivity index (χ0n) is 10.7. The summed E-state index contributed by atoms with van der Waals surface area (Å²) in [6, 6.07) is 3.06. The Morgan fingerprint density at radius 2 is 1.80 bits per heavy atom. The van der Waals surface area contributed by atoms with Crippen molar-refractivity contribution in [3.05, 3.63) is 12.1 Å². The fourth-order valence-corrected chi connectivity index (χ4v) is 3.25. The minimum absolute atomic E-state index is 0.106. The first-order valence-corrected chi connectivity index (χ1v) is 7.55. The second-order valence-electron chi connectivity index (χ2n) is 4.41. The topological polar surface area (TPSA) is 103 Å². The molecule has 20 heavy (non-hydrogen) atoms. The Labute approximate surface area is 116 Å². The maximum atomic E-state index is 12.2. The molecule has 0 bridgehead atoms. The summed E-state index contributed by atoms with van der Waals surface area (Å²) >= 11 is 0. The average Bonchev–Trinajstić information content (AvgIpc) is 2.87. The van der Waals surface area contributed by atoms with Crippen molar-refractivity contribution in [2.24, 2.45) is 0 Å². The number of fused-ring (bicyclic) bond motifs is 1. The average molecular weight is 301 g/mol. The van der Waals surface area contributed by atoms with E-state index in [1.54, 1.807) is 6.07 Å². The number of anilines is 2. The van der Waals surface area contributed by atoms with Gasteiger partial charge in [-0.3, -0.25) is 4.72 Å². The van der Waals surface area contributed by atoms with Gasteiger partial charge in [0.2, 0.25) is 6.79 Å². The van der Waals surface area contributed by atoms with Gasteiger partial charge in [0, 0.05) is 25.2 Å². The number of rotatable bonds is 3. The number of hydrogen-bond donors (Lipinski definition) is 2. The second-order valence-corrected chi connectivity index (χ2v) is 6.08. The van der Waals surface area contributed by atoms with Crippen LogP contribution in [0.2, 0.25) is 0 Å². The van der Waals surface area contributed by atoms with Crippen molar-refractivity contribution >= 4 is 21.6 Å². The lowest BCUT2D eigenvalue weighted by atomic mass is 10.2. The molecule has 0 aromatic heterocycles. The summed E-state index contributed by atoms with van der Waals surface area (Å²) in [4.78, 5) is 0. The lowest BCUT2D eigenvalue weighted by Crippen LogP contribution is -2.43. The molecular weight excluding hydrogens is 286 g/mol. The Bertz CT molecular complexity index is 613. The van der Waals surface area contributed by atoms with E-state index in [1.165, 1.54) is 10.4 Å². The summed E-state index contributed by atoms with van der Waals surface area (Å²) < 4.78 is 43.8. The molecule has 0 radical (unpaired) electrons. The normalized spacial score (nSPS) is 19.0. The molecule has 3 rings (SSSR count). The molecule has 0 amide bonds. The van der Waals surface area contributed by atoms with E-state index in [0.29, 0.717) is 37.8 Å². The van der Waals surface area contributed by atoms with Gasteiger partial charge in [-0.1, -0.05) is 0 Å². The molecule has 1 aromatic carbocycles. The molecule has 2 aliphatic rings. The summed E-state index contributed by atoms with van der Waals surface area (Å²) in [5, 5.41) is 0. The standard InChI is InChI=1S/C11H15N3O5S/c12-8-5-10-11(19-7-18-10)6-9(8)13-20(15,16)14-1-3-17-4-2-14/h5-6,13H,1-4,7,12H2. The molecule has 1 aromatic rings. The van der Waals surface area contributed by atoms with Gasteiger partial charge in [-0.05, 0) is 0 Å². The van der Waals surface area contributed by atoms with Gasteiger partial charge in [0.1, 0.15) is 0 Å². The fraction of sp³-hybridized carbons (Fsp3) is 0.455. The van der Waals surface area contributed by atoms with Crippen LogP contribution in [-0.4, -0.2) is 45.8 Å². The number of benzene rings is 1. The van der Waals surface area contributed by atoms with Crippen LogP contribution in [0.5, 0.6) is 11.5 Å². The number of morpholine rings is 1. The molecule has 0 aliphatic carbocycles. The predicted octanol–water partition coefficient (Wildman–Crippen LogP) is -0.0136. The lowest BCUT2D eigenvalue weighted by molar-refractivity contribution is 0.0733. The zero-order valence-corrected chi connectivity index (χ0v) is 11.5. The van der Waals surface area contributed by atoms with E-state index in [9.17, 15) is 8.42 Å². The number of nitrogen functional groups attached to an aromatic ring is 1. The van der Waals surface area contributed by atoms with Gasteiger partial charge in [-0.2, -0.15) is 12.7 Å². The van der Waals surface area contributed by atoms with Crippen LogP contribution in [0.3, 0.4) is 0 Å². The van der Waals surface area contributed by atoms with Crippen LogP contribution in [0.4, 0.5) is 11.4 Å². The minimum atomic E-state index is -3.65. The largest absolute Gasteiger partial charge is 0.454 e. The molecule has 110 valence electrons. The first kappa shape index (κ1) is 13.3. The van der Waals surface area contributed by atoms with Crippen molar-refractivity contribution in [3.8, 4) is 11.5 Å². The molecule has 1 saturated heterocycles. The summed E-state index contributed by atoms with van der Waals surface area (Å²) in [7, 11) is -3.65. The third-order valence-electron chi connectivity index (χ3n) is 3.09. The van der Waals surface area contributed by atoms with Crippen molar-refractivity contribution in [2.75, 3.05) is 43.6 Å². The Morgan fingerprint density at radius 1 is 1.15 bits per heavy atom. The third-order valence-corrected chi connectivity index (χ3v) is 4.62. The summed E-state index contributed by atoms with van der Waals surface area (Å²) in [5.74, 6) is 0.982. The first-order valence-electron chi connectivity index (χ1n) is 6.11.